The second kappa shape index (κ2) is 3.76. The summed E-state index contributed by atoms with van der Waals surface area (Å²) < 4.78 is 0. The summed E-state index contributed by atoms with van der Waals surface area (Å²) >= 11 is 6.15. The van der Waals surface area contributed by atoms with E-state index in [1.165, 1.54) is 0 Å². The molecule has 1 aromatic heterocycles. The van der Waals surface area contributed by atoms with E-state index in [0.717, 1.165) is 16.1 Å². The Labute approximate surface area is 87.6 Å². The Balaban J connectivity index is 2.58. The van der Waals surface area contributed by atoms with Gasteiger partial charge in [0.05, 0.1) is 5.02 Å². The molecule has 0 aliphatic rings. The number of halogens is 1. The molecule has 0 bridgehead atoms. The second-order valence-corrected chi connectivity index (χ2v) is 3.39. The third-order valence-corrected chi connectivity index (χ3v) is 2.50. The van der Waals surface area contributed by atoms with Gasteiger partial charge in [-0.2, -0.15) is 0 Å². The summed E-state index contributed by atoms with van der Waals surface area (Å²) in [5.74, 6) is 0.668. The summed E-state index contributed by atoms with van der Waals surface area (Å²) in [5.41, 5.74) is 1.92. The van der Waals surface area contributed by atoms with E-state index in [-0.39, 0.29) is 0 Å². The van der Waals surface area contributed by atoms with E-state index < -0.39 is 0 Å². The molecule has 0 fully saturated rings. The van der Waals surface area contributed by atoms with Crippen molar-refractivity contribution < 1.29 is 0 Å². The molecule has 14 heavy (non-hydrogen) atoms. The molecule has 0 radical (unpaired) electrons. The van der Waals surface area contributed by atoms with Crippen LogP contribution in [0.1, 0.15) is 5.56 Å². The van der Waals surface area contributed by atoms with Gasteiger partial charge in [-0.25, -0.2) is 9.97 Å². The van der Waals surface area contributed by atoms with Crippen LogP contribution in [0.5, 0.6) is 0 Å². The zero-order chi connectivity index (χ0) is 9.97. The van der Waals surface area contributed by atoms with Gasteiger partial charge in [0, 0.05) is 18.0 Å². The van der Waals surface area contributed by atoms with Gasteiger partial charge in [0.2, 0.25) is 0 Å². The number of aromatic nitrogens is 2. The van der Waals surface area contributed by atoms with Crippen molar-refractivity contribution in [2.45, 2.75) is 6.92 Å². The highest BCUT2D eigenvalue weighted by Gasteiger charge is 2.06. The lowest BCUT2D eigenvalue weighted by molar-refractivity contribution is 1.17. The van der Waals surface area contributed by atoms with E-state index in [0.29, 0.717) is 5.82 Å². The van der Waals surface area contributed by atoms with Gasteiger partial charge in [0.25, 0.3) is 0 Å². The number of nitrogens with zero attached hydrogens (tertiary/aromatic N) is 2. The molecule has 0 amide bonds. The van der Waals surface area contributed by atoms with Gasteiger partial charge in [-0.1, -0.05) is 23.7 Å². The van der Waals surface area contributed by atoms with Crippen molar-refractivity contribution in [3.63, 3.8) is 0 Å². The molecule has 70 valence electrons. The van der Waals surface area contributed by atoms with Crippen LogP contribution in [-0.4, -0.2) is 9.97 Å². The first-order valence-electron chi connectivity index (χ1n) is 4.31. The molecule has 0 unspecified atom stereocenters. The predicted molar refractivity (Wildman–Crippen MR) is 57.2 cm³/mol. The first-order chi connectivity index (χ1) is 6.79. The minimum atomic E-state index is 0.668. The highest BCUT2D eigenvalue weighted by atomic mass is 35.5. The molecule has 0 saturated heterocycles. The van der Waals surface area contributed by atoms with Gasteiger partial charge in [-0.3, -0.25) is 0 Å². The van der Waals surface area contributed by atoms with E-state index in [1.807, 2.05) is 25.1 Å². The summed E-state index contributed by atoms with van der Waals surface area (Å²) in [6, 6.07) is 7.62. The molecule has 2 aromatic rings. The fourth-order valence-electron chi connectivity index (χ4n) is 1.26. The number of benzene rings is 1. The Kier molecular flexibility index (Phi) is 2.46. The fourth-order valence-corrected chi connectivity index (χ4v) is 1.47. The zero-order valence-corrected chi connectivity index (χ0v) is 8.49. The average Bonchev–Trinajstić information content (AvgIpc) is 2.23. The Morgan fingerprint density at radius 2 is 1.79 bits per heavy atom. The molecule has 2 rings (SSSR count). The first kappa shape index (κ1) is 9.16. The van der Waals surface area contributed by atoms with Crippen molar-refractivity contribution in [3.8, 4) is 11.4 Å². The van der Waals surface area contributed by atoms with Crippen molar-refractivity contribution in [1.82, 2.24) is 9.97 Å². The molecule has 0 atom stereocenters. The average molecular weight is 205 g/mol. The van der Waals surface area contributed by atoms with Gasteiger partial charge in [-0.15, -0.1) is 0 Å². The van der Waals surface area contributed by atoms with Crippen LogP contribution in [0.25, 0.3) is 11.4 Å². The molecule has 0 aliphatic heterocycles. The molecule has 3 heteroatoms. The maximum Gasteiger partial charge on any atom is 0.160 e. The van der Waals surface area contributed by atoms with Gasteiger partial charge >= 0.3 is 0 Å². The Morgan fingerprint density at radius 1 is 1.07 bits per heavy atom. The van der Waals surface area contributed by atoms with Crippen LogP contribution >= 0.6 is 11.6 Å². The molecule has 1 heterocycles. The van der Waals surface area contributed by atoms with Crippen LogP contribution in [0.2, 0.25) is 5.02 Å². The Bertz CT molecular complexity index is 440. The molecule has 0 spiro atoms. The lowest BCUT2D eigenvalue weighted by Crippen LogP contribution is -1.88. The third-order valence-electron chi connectivity index (χ3n) is 2.00. The standard InChI is InChI=1S/C11H9ClN2/c1-8-4-2-5-9(10(8)12)11-13-6-3-7-14-11/h2-7H,1H3. The van der Waals surface area contributed by atoms with Gasteiger partial charge in [0.1, 0.15) is 0 Å². The molecule has 0 N–H and O–H groups in total. The topological polar surface area (TPSA) is 25.8 Å². The van der Waals surface area contributed by atoms with Gasteiger partial charge in [0.15, 0.2) is 5.82 Å². The van der Waals surface area contributed by atoms with Crippen molar-refractivity contribution in [2.75, 3.05) is 0 Å². The number of hydrogen-bond donors (Lipinski definition) is 0. The van der Waals surface area contributed by atoms with Crippen molar-refractivity contribution in [3.05, 3.63) is 47.2 Å². The summed E-state index contributed by atoms with van der Waals surface area (Å²) in [6.07, 6.45) is 3.42. The van der Waals surface area contributed by atoms with Crippen LogP contribution in [0.3, 0.4) is 0 Å². The van der Waals surface area contributed by atoms with Crippen LogP contribution in [0, 0.1) is 6.92 Å². The third kappa shape index (κ3) is 1.61. The monoisotopic (exact) mass is 204 g/mol. The van der Waals surface area contributed by atoms with Crippen molar-refractivity contribution in [2.24, 2.45) is 0 Å². The second-order valence-electron chi connectivity index (χ2n) is 3.01. The van der Waals surface area contributed by atoms with E-state index in [4.69, 9.17) is 11.6 Å². The number of rotatable bonds is 1. The number of aryl methyl sites for hydroxylation is 1. The predicted octanol–water partition coefficient (Wildman–Crippen LogP) is 3.11. The van der Waals surface area contributed by atoms with E-state index in [9.17, 15) is 0 Å². The summed E-state index contributed by atoms with van der Waals surface area (Å²) in [5, 5.41) is 0.721. The summed E-state index contributed by atoms with van der Waals surface area (Å²) in [7, 11) is 0. The highest BCUT2D eigenvalue weighted by Crippen LogP contribution is 2.27. The lowest BCUT2D eigenvalue weighted by Gasteiger charge is -2.04. The minimum absolute atomic E-state index is 0.668. The molecule has 2 nitrogen and oxygen atoms in total. The van der Waals surface area contributed by atoms with Crippen molar-refractivity contribution in [1.29, 1.82) is 0 Å². The van der Waals surface area contributed by atoms with Gasteiger partial charge in [-0.05, 0) is 24.6 Å². The lowest BCUT2D eigenvalue weighted by atomic mass is 10.1. The number of hydrogen-bond acceptors (Lipinski definition) is 2. The minimum Gasteiger partial charge on any atom is -0.237 e. The molecule has 0 aliphatic carbocycles. The molecule has 1 aromatic carbocycles. The SMILES string of the molecule is Cc1cccc(-c2ncccn2)c1Cl. The van der Waals surface area contributed by atoms with Crippen LogP contribution in [0.4, 0.5) is 0 Å². The van der Waals surface area contributed by atoms with E-state index in [2.05, 4.69) is 9.97 Å². The summed E-state index contributed by atoms with van der Waals surface area (Å²) in [4.78, 5) is 8.31. The summed E-state index contributed by atoms with van der Waals surface area (Å²) in [6.45, 7) is 1.97. The quantitative estimate of drug-likeness (QED) is 0.714. The maximum atomic E-state index is 6.15. The molecular weight excluding hydrogens is 196 g/mol. The molecule has 0 saturated carbocycles. The van der Waals surface area contributed by atoms with E-state index in [1.54, 1.807) is 18.5 Å². The fraction of sp³-hybridized carbons (Fsp3) is 0.0909. The van der Waals surface area contributed by atoms with Crippen LogP contribution < -0.4 is 0 Å². The Morgan fingerprint density at radius 3 is 2.50 bits per heavy atom. The Hall–Kier alpha value is -1.41. The van der Waals surface area contributed by atoms with Crippen molar-refractivity contribution >= 4 is 11.6 Å². The van der Waals surface area contributed by atoms with Crippen LogP contribution in [0.15, 0.2) is 36.7 Å². The smallest absolute Gasteiger partial charge is 0.160 e. The van der Waals surface area contributed by atoms with Crippen LogP contribution in [-0.2, 0) is 0 Å². The molecular formula is C11H9ClN2. The van der Waals surface area contributed by atoms with E-state index >= 15 is 0 Å². The normalized spacial score (nSPS) is 10.1. The maximum absolute atomic E-state index is 6.15. The highest BCUT2D eigenvalue weighted by molar-refractivity contribution is 6.33. The largest absolute Gasteiger partial charge is 0.237 e. The zero-order valence-electron chi connectivity index (χ0n) is 7.74. The van der Waals surface area contributed by atoms with Gasteiger partial charge < -0.3 is 0 Å². The first-order valence-corrected chi connectivity index (χ1v) is 4.69.